The number of nitrogens with two attached hydrogens (primary N) is 1. The summed E-state index contributed by atoms with van der Waals surface area (Å²) in [5, 5.41) is 3.42. The van der Waals surface area contributed by atoms with Crippen LogP contribution in [0, 0.1) is 0 Å². The molecule has 4 nitrogen and oxygen atoms in total. The minimum atomic E-state index is -0.361. The van der Waals surface area contributed by atoms with E-state index in [1.807, 2.05) is 24.3 Å². The molecule has 0 saturated carbocycles. The molecule has 118 valence electrons. The van der Waals surface area contributed by atoms with Crippen molar-refractivity contribution >= 4 is 18.3 Å². The van der Waals surface area contributed by atoms with Gasteiger partial charge >= 0.3 is 0 Å². The average Bonchev–Trinajstić information content (AvgIpc) is 2.48. The van der Waals surface area contributed by atoms with E-state index < -0.39 is 0 Å². The maximum atomic E-state index is 11.1. The molecule has 21 heavy (non-hydrogen) atoms. The largest absolute Gasteiger partial charge is 0.366 e. The van der Waals surface area contributed by atoms with E-state index in [1.54, 1.807) is 0 Å². The lowest BCUT2D eigenvalue weighted by Gasteiger charge is -2.34. The molecule has 1 fully saturated rings. The Morgan fingerprint density at radius 2 is 1.90 bits per heavy atom. The number of carbonyl (C=O) groups is 1. The second-order valence-electron chi connectivity index (χ2n) is 5.51. The van der Waals surface area contributed by atoms with Crippen LogP contribution in [0.3, 0.4) is 0 Å². The highest BCUT2D eigenvalue weighted by atomic mass is 35.5. The lowest BCUT2D eigenvalue weighted by Crippen LogP contribution is -2.43. The molecule has 3 N–H and O–H groups in total. The molecule has 0 aromatic heterocycles. The SMILES string of the molecule is CCCN(Cc1ccc(C(N)=O)cc1)C1CCNCC1.Cl. The maximum absolute atomic E-state index is 11.1. The standard InChI is InChI=1S/C16H25N3O.ClH/c1-2-11-19(15-7-9-18-10-8-15)12-13-3-5-14(6-4-13)16(17)20;/h3-6,15,18H,2,7-12H2,1H3,(H2,17,20);1H. The van der Waals surface area contributed by atoms with Crippen molar-refractivity contribution < 1.29 is 4.79 Å². The van der Waals surface area contributed by atoms with Gasteiger partial charge in [-0.1, -0.05) is 19.1 Å². The van der Waals surface area contributed by atoms with E-state index in [1.165, 1.54) is 24.8 Å². The molecular formula is C16H26ClN3O. The minimum Gasteiger partial charge on any atom is -0.366 e. The van der Waals surface area contributed by atoms with Gasteiger partial charge in [-0.3, -0.25) is 9.69 Å². The number of nitrogens with one attached hydrogen (secondary N) is 1. The summed E-state index contributed by atoms with van der Waals surface area (Å²) < 4.78 is 0. The third-order valence-corrected chi connectivity index (χ3v) is 3.96. The van der Waals surface area contributed by atoms with Crippen molar-refractivity contribution in [1.29, 1.82) is 0 Å². The Labute approximate surface area is 133 Å². The Kier molecular flexibility index (Phi) is 7.72. The van der Waals surface area contributed by atoms with Gasteiger partial charge in [-0.2, -0.15) is 0 Å². The minimum absolute atomic E-state index is 0. The average molecular weight is 312 g/mol. The maximum Gasteiger partial charge on any atom is 0.248 e. The Balaban J connectivity index is 0.00000220. The normalized spacial score (nSPS) is 15.7. The fraction of sp³-hybridized carbons (Fsp3) is 0.562. The highest BCUT2D eigenvalue weighted by molar-refractivity contribution is 5.92. The number of rotatable bonds is 6. The van der Waals surface area contributed by atoms with E-state index in [-0.39, 0.29) is 18.3 Å². The zero-order valence-electron chi connectivity index (χ0n) is 12.7. The molecule has 1 heterocycles. The third-order valence-electron chi connectivity index (χ3n) is 3.96. The number of hydrogen-bond donors (Lipinski definition) is 2. The Morgan fingerprint density at radius 3 is 2.43 bits per heavy atom. The molecule has 5 heteroatoms. The fourth-order valence-electron chi connectivity index (χ4n) is 2.86. The second-order valence-corrected chi connectivity index (χ2v) is 5.51. The number of piperidine rings is 1. The topological polar surface area (TPSA) is 58.4 Å². The summed E-state index contributed by atoms with van der Waals surface area (Å²) in [4.78, 5) is 13.7. The van der Waals surface area contributed by atoms with E-state index in [0.717, 1.165) is 26.2 Å². The molecule has 0 bridgehead atoms. The molecule has 0 unspecified atom stereocenters. The summed E-state index contributed by atoms with van der Waals surface area (Å²) in [5.41, 5.74) is 7.11. The van der Waals surface area contributed by atoms with Crippen LogP contribution in [-0.4, -0.2) is 36.5 Å². The van der Waals surface area contributed by atoms with Gasteiger partial charge in [0.25, 0.3) is 0 Å². The van der Waals surface area contributed by atoms with Crippen LogP contribution in [-0.2, 0) is 6.54 Å². The van der Waals surface area contributed by atoms with Gasteiger partial charge < -0.3 is 11.1 Å². The van der Waals surface area contributed by atoms with Crippen LogP contribution in [0.4, 0.5) is 0 Å². The van der Waals surface area contributed by atoms with E-state index >= 15 is 0 Å². The summed E-state index contributed by atoms with van der Waals surface area (Å²) in [6, 6.07) is 8.36. The van der Waals surface area contributed by atoms with Gasteiger partial charge in [0, 0.05) is 18.2 Å². The van der Waals surface area contributed by atoms with E-state index in [4.69, 9.17) is 5.73 Å². The first-order valence-corrected chi connectivity index (χ1v) is 7.54. The van der Waals surface area contributed by atoms with Crippen molar-refractivity contribution in [2.75, 3.05) is 19.6 Å². The monoisotopic (exact) mass is 311 g/mol. The van der Waals surface area contributed by atoms with Gasteiger partial charge in [-0.15, -0.1) is 12.4 Å². The number of carbonyl (C=O) groups excluding carboxylic acids is 1. The van der Waals surface area contributed by atoms with Crippen LogP contribution in [0.25, 0.3) is 0 Å². The van der Waals surface area contributed by atoms with E-state index in [9.17, 15) is 4.79 Å². The molecule has 1 amide bonds. The van der Waals surface area contributed by atoms with Gasteiger partial charge in [0.1, 0.15) is 0 Å². The number of hydrogen-bond acceptors (Lipinski definition) is 3. The first-order chi connectivity index (χ1) is 9.70. The highest BCUT2D eigenvalue weighted by Gasteiger charge is 2.20. The van der Waals surface area contributed by atoms with Crippen molar-refractivity contribution in [2.45, 2.75) is 38.8 Å². The van der Waals surface area contributed by atoms with Gasteiger partial charge in [0.2, 0.25) is 5.91 Å². The van der Waals surface area contributed by atoms with Crippen LogP contribution in [0.1, 0.15) is 42.1 Å². The molecule has 1 aliphatic heterocycles. The number of nitrogens with zero attached hydrogens (tertiary/aromatic N) is 1. The summed E-state index contributed by atoms with van der Waals surface area (Å²) in [5.74, 6) is -0.361. The predicted molar refractivity (Wildman–Crippen MR) is 88.8 cm³/mol. The van der Waals surface area contributed by atoms with Gasteiger partial charge in [0.15, 0.2) is 0 Å². The molecule has 1 aromatic rings. The first-order valence-electron chi connectivity index (χ1n) is 7.54. The van der Waals surface area contributed by atoms with Crippen LogP contribution >= 0.6 is 12.4 Å². The van der Waals surface area contributed by atoms with Crippen LogP contribution in [0.5, 0.6) is 0 Å². The lowest BCUT2D eigenvalue weighted by molar-refractivity contribution is 0.1000. The van der Waals surface area contributed by atoms with E-state index in [0.29, 0.717) is 11.6 Å². The summed E-state index contributed by atoms with van der Waals surface area (Å²) in [6.07, 6.45) is 3.61. The zero-order chi connectivity index (χ0) is 14.4. The molecule has 0 spiro atoms. The smallest absolute Gasteiger partial charge is 0.248 e. The van der Waals surface area contributed by atoms with Crippen LogP contribution in [0.15, 0.2) is 24.3 Å². The Hall–Kier alpha value is -1.10. The zero-order valence-corrected chi connectivity index (χ0v) is 13.5. The molecule has 0 radical (unpaired) electrons. The molecule has 0 aliphatic carbocycles. The Morgan fingerprint density at radius 1 is 1.29 bits per heavy atom. The van der Waals surface area contributed by atoms with Gasteiger partial charge in [-0.25, -0.2) is 0 Å². The third kappa shape index (κ3) is 5.30. The first kappa shape index (κ1) is 18.0. The summed E-state index contributed by atoms with van der Waals surface area (Å²) >= 11 is 0. The predicted octanol–water partition coefficient (Wildman–Crippen LogP) is 2.17. The number of amides is 1. The Bertz CT molecular complexity index is 430. The molecule has 1 aromatic carbocycles. The van der Waals surface area contributed by atoms with Crippen molar-refractivity contribution in [3.05, 3.63) is 35.4 Å². The molecule has 1 aliphatic rings. The summed E-state index contributed by atoms with van der Waals surface area (Å²) in [6.45, 7) is 6.54. The van der Waals surface area contributed by atoms with Crippen molar-refractivity contribution in [2.24, 2.45) is 5.73 Å². The molecule has 0 atom stereocenters. The fourth-order valence-corrected chi connectivity index (χ4v) is 2.86. The van der Waals surface area contributed by atoms with Crippen LogP contribution < -0.4 is 11.1 Å². The van der Waals surface area contributed by atoms with Gasteiger partial charge in [-0.05, 0) is 56.6 Å². The molecule has 2 rings (SSSR count). The van der Waals surface area contributed by atoms with Crippen LogP contribution in [0.2, 0.25) is 0 Å². The highest BCUT2D eigenvalue weighted by Crippen LogP contribution is 2.16. The van der Waals surface area contributed by atoms with Crippen molar-refractivity contribution in [3.63, 3.8) is 0 Å². The number of benzene rings is 1. The van der Waals surface area contributed by atoms with E-state index in [2.05, 4.69) is 17.1 Å². The van der Waals surface area contributed by atoms with Crippen molar-refractivity contribution in [1.82, 2.24) is 10.2 Å². The van der Waals surface area contributed by atoms with Gasteiger partial charge in [0.05, 0.1) is 0 Å². The summed E-state index contributed by atoms with van der Waals surface area (Å²) in [7, 11) is 0. The lowest BCUT2D eigenvalue weighted by atomic mass is 10.0. The second kappa shape index (κ2) is 9.03. The molecule has 1 saturated heterocycles. The van der Waals surface area contributed by atoms with Crippen molar-refractivity contribution in [3.8, 4) is 0 Å². The molecular weight excluding hydrogens is 286 g/mol. The number of primary amides is 1. The quantitative estimate of drug-likeness (QED) is 0.846. The number of halogens is 1.